The lowest BCUT2D eigenvalue weighted by Gasteiger charge is -2.06. The van der Waals surface area contributed by atoms with Crippen molar-refractivity contribution < 1.29 is 23.8 Å². The number of carboxylic acid groups (broad SMARTS) is 1. The van der Waals surface area contributed by atoms with Crippen molar-refractivity contribution in [3.63, 3.8) is 0 Å². The van der Waals surface area contributed by atoms with Crippen LogP contribution in [0.1, 0.15) is 17.8 Å². The van der Waals surface area contributed by atoms with Crippen molar-refractivity contribution >= 4 is 21.9 Å². The Morgan fingerprint density at radius 1 is 1.60 bits per heavy atom. The molecule has 0 aliphatic carbocycles. The van der Waals surface area contributed by atoms with Crippen molar-refractivity contribution in [1.82, 2.24) is 4.98 Å². The second kappa shape index (κ2) is 4.52. The number of aromatic hydroxyl groups is 1. The molecular formula is C8H6BrF2NO3. The number of carboxylic acids is 1. The van der Waals surface area contributed by atoms with Gasteiger partial charge < -0.3 is 10.2 Å². The van der Waals surface area contributed by atoms with E-state index in [1.54, 1.807) is 0 Å². The molecule has 0 aliphatic rings. The molecule has 0 bridgehead atoms. The number of nitrogens with zero attached hydrogens (tertiary/aromatic N) is 1. The minimum Gasteiger partial charge on any atom is -0.505 e. The summed E-state index contributed by atoms with van der Waals surface area (Å²) in [6.07, 6.45) is -3.42. The number of aliphatic carboxylic acids is 1. The summed E-state index contributed by atoms with van der Waals surface area (Å²) in [6.45, 7) is 0. The van der Waals surface area contributed by atoms with E-state index < -0.39 is 30.3 Å². The molecule has 0 saturated heterocycles. The molecule has 0 aromatic carbocycles. The highest BCUT2D eigenvalue weighted by atomic mass is 79.9. The zero-order valence-electron chi connectivity index (χ0n) is 7.25. The molecule has 1 rings (SSSR count). The number of hydrogen-bond donors (Lipinski definition) is 2. The van der Waals surface area contributed by atoms with Crippen LogP contribution in [0.25, 0.3) is 0 Å². The highest BCUT2D eigenvalue weighted by molar-refractivity contribution is 9.10. The zero-order valence-corrected chi connectivity index (χ0v) is 8.83. The molecule has 0 unspecified atom stereocenters. The van der Waals surface area contributed by atoms with Crippen LogP contribution in [0.3, 0.4) is 0 Å². The van der Waals surface area contributed by atoms with E-state index in [1.807, 2.05) is 0 Å². The molecule has 0 amide bonds. The van der Waals surface area contributed by atoms with Crippen LogP contribution in [-0.2, 0) is 11.2 Å². The summed E-state index contributed by atoms with van der Waals surface area (Å²) in [4.78, 5) is 13.7. The van der Waals surface area contributed by atoms with Crippen LogP contribution in [0.15, 0.2) is 10.5 Å². The summed E-state index contributed by atoms with van der Waals surface area (Å²) < 4.78 is 24.7. The lowest BCUT2D eigenvalue weighted by molar-refractivity contribution is -0.136. The molecule has 0 atom stereocenters. The molecule has 82 valence electrons. The van der Waals surface area contributed by atoms with Crippen molar-refractivity contribution in [2.24, 2.45) is 0 Å². The summed E-state index contributed by atoms with van der Waals surface area (Å²) >= 11 is 2.84. The first kappa shape index (κ1) is 11.8. The summed E-state index contributed by atoms with van der Waals surface area (Å²) in [5, 5.41) is 17.6. The molecule has 0 aliphatic heterocycles. The van der Waals surface area contributed by atoms with Crippen molar-refractivity contribution in [2.45, 2.75) is 12.8 Å². The van der Waals surface area contributed by atoms with E-state index in [1.165, 1.54) is 6.07 Å². The molecule has 1 aromatic rings. The van der Waals surface area contributed by atoms with Gasteiger partial charge in [0.05, 0.1) is 16.6 Å². The SMILES string of the molecule is O=C(O)Cc1cc(Br)c(O)c(C(F)F)n1. The smallest absolute Gasteiger partial charge is 0.309 e. The molecule has 0 spiro atoms. The quantitative estimate of drug-likeness (QED) is 0.890. The van der Waals surface area contributed by atoms with E-state index >= 15 is 0 Å². The first-order valence-electron chi connectivity index (χ1n) is 3.80. The Balaban J connectivity index is 3.17. The molecule has 4 nitrogen and oxygen atoms in total. The van der Waals surface area contributed by atoms with Crippen LogP contribution in [0.2, 0.25) is 0 Å². The van der Waals surface area contributed by atoms with Gasteiger partial charge in [0.25, 0.3) is 6.43 Å². The Morgan fingerprint density at radius 3 is 2.67 bits per heavy atom. The second-order valence-electron chi connectivity index (χ2n) is 2.70. The van der Waals surface area contributed by atoms with Crippen LogP contribution in [0, 0.1) is 0 Å². The molecule has 0 fully saturated rings. The fourth-order valence-electron chi connectivity index (χ4n) is 0.975. The van der Waals surface area contributed by atoms with Crippen molar-refractivity contribution in [3.8, 4) is 5.75 Å². The van der Waals surface area contributed by atoms with E-state index in [-0.39, 0.29) is 10.2 Å². The van der Waals surface area contributed by atoms with Crippen LogP contribution < -0.4 is 0 Å². The average Bonchev–Trinajstić information content (AvgIpc) is 2.09. The third kappa shape index (κ3) is 2.85. The maximum atomic E-state index is 12.3. The van der Waals surface area contributed by atoms with Crippen LogP contribution in [0.5, 0.6) is 5.75 Å². The molecule has 7 heteroatoms. The molecule has 0 saturated carbocycles. The van der Waals surface area contributed by atoms with Gasteiger partial charge in [0.1, 0.15) is 5.69 Å². The maximum Gasteiger partial charge on any atom is 0.309 e. The van der Waals surface area contributed by atoms with Crippen LogP contribution in [0.4, 0.5) is 8.78 Å². The zero-order chi connectivity index (χ0) is 11.6. The number of carbonyl (C=O) groups is 1. The number of halogens is 3. The Bertz CT molecular complexity index is 398. The van der Waals surface area contributed by atoms with E-state index in [4.69, 9.17) is 5.11 Å². The number of aromatic nitrogens is 1. The van der Waals surface area contributed by atoms with Crippen molar-refractivity contribution in [3.05, 3.63) is 21.9 Å². The lowest BCUT2D eigenvalue weighted by atomic mass is 10.2. The van der Waals surface area contributed by atoms with Crippen LogP contribution >= 0.6 is 15.9 Å². The van der Waals surface area contributed by atoms with E-state index in [2.05, 4.69) is 20.9 Å². The Morgan fingerprint density at radius 2 is 2.20 bits per heavy atom. The number of hydrogen-bond acceptors (Lipinski definition) is 3. The summed E-state index contributed by atoms with van der Waals surface area (Å²) in [6, 6.07) is 1.19. The molecule has 0 radical (unpaired) electrons. The highest BCUT2D eigenvalue weighted by Gasteiger charge is 2.19. The molecule has 1 heterocycles. The van der Waals surface area contributed by atoms with E-state index in [0.717, 1.165) is 0 Å². The monoisotopic (exact) mass is 281 g/mol. The number of pyridine rings is 1. The van der Waals surface area contributed by atoms with Crippen LogP contribution in [-0.4, -0.2) is 21.2 Å². The third-order valence-electron chi connectivity index (χ3n) is 1.57. The highest BCUT2D eigenvalue weighted by Crippen LogP contribution is 2.33. The maximum absolute atomic E-state index is 12.3. The molecular weight excluding hydrogens is 276 g/mol. The fraction of sp³-hybridized carbons (Fsp3) is 0.250. The van der Waals surface area contributed by atoms with E-state index in [0.29, 0.717) is 0 Å². The largest absolute Gasteiger partial charge is 0.505 e. The van der Waals surface area contributed by atoms with Gasteiger partial charge in [0.15, 0.2) is 5.75 Å². The first-order valence-corrected chi connectivity index (χ1v) is 4.59. The minimum absolute atomic E-state index is 0.00375. The summed E-state index contributed by atoms with van der Waals surface area (Å²) in [7, 11) is 0. The van der Waals surface area contributed by atoms with Gasteiger partial charge in [-0.2, -0.15) is 0 Å². The van der Waals surface area contributed by atoms with Gasteiger partial charge in [-0.25, -0.2) is 13.8 Å². The van der Waals surface area contributed by atoms with Gasteiger partial charge in [-0.05, 0) is 22.0 Å². The van der Waals surface area contributed by atoms with Gasteiger partial charge in [-0.3, -0.25) is 4.79 Å². The molecule has 2 N–H and O–H groups in total. The standard InChI is InChI=1S/C8H6BrF2NO3/c9-4-1-3(2-5(13)14)12-6(7(4)15)8(10)11/h1,8,15H,2H2,(H,13,14). The minimum atomic E-state index is -2.95. The Hall–Kier alpha value is -1.24. The first-order chi connectivity index (χ1) is 6.91. The predicted molar refractivity (Wildman–Crippen MR) is 49.9 cm³/mol. The third-order valence-corrected chi connectivity index (χ3v) is 2.17. The van der Waals surface area contributed by atoms with Gasteiger partial charge >= 0.3 is 5.97 Å². The summed E-state index contributed by atoms with van der Waals surface area (Å²) in [5.41, 5.74) is -0.858. The second-order valence-corrected chi connectivity index (χ2v) is 3.55. The summed E-state index contributed by atoms with van der Waals surface area (Å²) in [5.74, 6) is -1.85. The number of alkyl halides is 2. The molecule has 15 heavy (non-hydrogen) atoms. The Kier molecular flexibility index (Phi) is 3.57. The van der Waals surface area contributed by atoms with E-state index in [9.17, 15) is 18.7 Å². The fourth-order valence-corrected chi connectivity index (χ4v) is 1.44. The number of rotatable bonds is 3. The van der Waals surface area contributed by atoms with Gasteiger partial charge in [0.2, 0.25) is 0 Å². The molecule has 1 aromatic heterocycles. The predicted octanol–water partition coefficient (Wildman–Crippen LogP) is 2.11. The van der Waals surface area contributed by atoms with Crippen molar-refractivity contribution in [1.29, 1.82) is 0 Å². The van der Waals surface area contributed by atoms with Crippen molar-refractivity contribution in [2.75, 3.05) is 0 Å². The van der Waals surface area contributed by atoms with Gasteiger partial charge in [0, 0.05) is 0 Å². The Labute approximate surface area is 91.7 Å². The van der Waals surface area contributed by atoms with Gasteiger partial charge in [-0.1, -0.05) is 0 Å². The topological polar surface area (TPSA) is 70.4 Å². The average molecular weight is 282 g/mol. The lowest BCUT2D eigenvalue weighted by Crippen LogP contribution is -2.04. The normalized spacial score (nSPS) is 10.7. The van der Waals surface area contributed by atoms with Gasteiger partial charge in [-0.15, -0.1) is 0 Å².